The van der Waals surface area contributed by atoms with E-state index in [2.05, 4.69) is 58.4 Å². The van der Waals surface area contributed by atoms with Gasteiger partial charge in [-0.1, -0.05) is 97.2 Å². The van der Waals surface area contributed by atoms with Crippen LogP contribution in [0.4, 0.5) is 5.69 Å². The van der Waals surface area contributed by atoms with Gasteiger partial charge in [-0.05, 0) is 59.9 Å². The number of carboxylic acids is 1. The van der Waals surface area contributed by atoms with Crippen LogP contribution in [0.1, 0.15) is 63.7 Å². The lowest BCUT2D eigenvalue weighted by Crippen LogP contribution is -2.20. The number of aromatic carboxylic acids is 1. The molecule has 0 bridgehead atoms. The number of thioether (sulfide) groups is 1. The molecule has 0 atom stereocenters. The number of hydrogen-bond donors (Lipinski definition) is 2. The van der Waals surface area contributed by atoms with Crippen LogP contribution < -0.4 is 5.32 Å². The maximum absolute atomic E-state index is 12.9. The van der Waals surface area contributed by atoms with E-state index in [1.54, 1.807) is 12.1 Å². The van der Waals surface area contributed by atoms with Crippen LogP contribution >= 0.6 is 23.4 Å². The van der Waals surface area contributed by atoms with Gasteiger partial charge in [0.1, 0.15) is 0 Å². The van der Waals surface area contributed by atoms with Gasteiger partial charge in [0, 0.05) is 35.0 Å². The first-order valence-electron chi connectivity index (χ1n) is 14.6. The molecule has 2 N–H and O–H groups in total. The number of rotatable bonds is 10. The van der Waals surface area contributed by atoms with E-state index in [-0.39, 0.29) is 22.6 Å². The molecule has 1 aliphatic carbocycles. The molecule has 43 heavy (non-hydrogen) atoms. The third kappa shape index (κ3) is 6.51. The van der Waals surface area contributed by atoms with E-state index in [0.717, 1.165) is 53.5 Å². The molecule has 5 aromatic rings. The van der Waals surface area contributed by atoms with Crippen molar-refractivity contribution in [2.45, 2.75) is 43.2 Å². The number of fused-ring (bicyclic) bond motifs is 1. The Hall–Kier alpha value is -4.00. The summed E-state index contributed by atoms with van der Waals surface area (Å²) in [6.45, 7) is 0.536. The number of nitrogens with zero attached hydrogens (tertiary/aromatic N) is 1. The van der Waals surface area contributed by atoms with E-state index < -0.39 is 5.97 Å². The van der Waals surface area contributed by atoms with E-state index in [1.165, 1.54) is 11.1 Å². The molecule has 5 nitrogen and oxygen atoms in total. The number of benzene rings is 4. The largest absolute Gasteiger partial charge is 0.478 e. The van der Waals surface area contributed by atoms with Crippen molar-refractivity contribution in [1.29, 1.82) is 0 Å². The second kappa shape index (κ2) is 13.1. The zero-order valence-electron chi connectivity index (χ0n) is 23.7. The number of amides is 1. The first-order valence-corrected chi connectivity index (χ1v) is 16.1. The Morgan fingerprint density at radius 3 is 2.12 bits per heavy atom. The van der Waals surface area contributed by atoms with Gasteiger partial charge in [-0.3, -0.25) is 4.79 Å². The predicted molar refractivity (Wildman–Crippen MR) is 176 cm³/mol. The van der Waals surface area contributed by atoms with E-state index in [9.17, 15) is 14.7 Å². The first-order chi connectivity index (χ1) is 21.0. The average Bonchev–Trinajstić information content (AvgIpc) is 3.66. The minimum atomic E-state index is -0.946. The normalized spacial score (nSPS) is 13.5. The quantitative estimate of drug-likeness (QED) is 0.166. The van der Waals surface area contributed by atoms with Gasteiger partial charge in [0.25, 0.3) is 0 Å². The van der Waals surface area contributed by atoms with Crippen LogP contribution in [0.3, 0.4) is 0 Å². The Kier molecular flexibility index (Phi) is 8.87. The fraction of sp³-hybridized carbons (Fsp3) is 0.222. The van der Waals surface area contributed by atoms with Gasteiger partial charge in [0.15, 0.2) is 0 Å². The van der Waals surface area contributed by atoms with Crippen molar-refractivity contribution < 1.29 is 14.7 Å². The molecule has 0 spiro atoms. The number of hydrogen-bond acceptors (Lipinski definition) is 3. The fourth-order valence-electron chi connectivity index (χ4n) is 5.94. The van der Waals surface area contributed by atoms with Crippen LogP contribution in [0.2, 0.25) is 5.02 Å². The lowest BCUT2D eigenvalue weighted by atomic mass is 10.0. The minimum absolute atomic E-state index is 0.0735. The maximum atomic E-state index is 12.9. The average molecular weight is 609 g/mol. The van der Waals surface area contributed by atoms with Crippen LogP contribution in [0.15, 0.2) is 103 Å². The summed E-state index contributed by atoms with van der Waals surface area (Å²) in [7, 11) is 0. The third-order valence-corrected chi connectivity index (χ3v) is 9.97. The van der Waals surface area contributed by atoms with E-state index in [0.29, 0.717) is 17.3 Å². The van der Waals surface area contributed by atoms with Crippen molar-refractivity contribution in [3.8, 4) is 0 Å². The number of carbonyl (C=O) groups excluding carboxylic acids is 1. The molecule has 6 rings (SSSR count). The molecule has 0 saturated heterocycles. The number of carbonyl (C=O) groups is 2. The molecule has 4 aromatic carbocycles. The zero-order valence-corrected chi connectivity index (χ0v) is 25.3. The molecule has 0 aliphatic heterocycles. The summed E-state index contributed by atoms with van der Waals surface area (Å²) < 4.78 is 2.22. The summed E-state index contributed by atoms with van der Waals surface area (Å²) in [5, 5.41) is 14.2. The van der Waals surface area contributed by atoms with Gasteiger partial charge in [0.2, 0.25) is 5.91 Å². The molecule has 7 heteroatoms. The molecular formula is C36H33ClN2O3S. The maximum Gasteiger partial charge on any atom is 0.335 e. The highest BCUT2D eigenvalue weighted by molar-refractivity contribution is 7.98. The molecule has 1 fully saturated rings. The van der Waals surface area contributed by atoms with Crippen molar-refractivity contribution >= 4 is 51.8 Å². The molecular weight excluding hydrogens is 576 g/mol. The Bertz CT molecular complexity index is 1690. The lowest BCUT2D eigenvalue weighted by molar-refractivity contribution is -0.119. The van der Waals surface area contributed by atoms with Crippen LogP contribution in [0.5, 0.6) is 0 Å². The van der Waals surface area contributed by atoms with Gasteiger partial charge >= 0.3 is 5.97 Å². The minimum Gasteiger partial charge on any atom is -0.478 e. The fourth-order valence-corrected chi connectivity index (χ4v) is 7.66. The Balaban J connectivity index is 1.36. The number of nitrogens with one attached hydrogen (secondary N) is 1. The molecule has 1 saturated carbocycles. The highest BCUT2D eigenvalue weighted by Gasteiger charge is 2.24. The molecule has 1 amide bonds. The summed E-state index contributed by atoms with van der Waals surface area (Å²) >= 11 is 9.00. The lowest BCUT2D eigenvalue weighted by Gasteiger charge is -2.19. The van der Waals surface area contributed by atoms with E-state index >= 15 is 0 Å². The van der Waals surface area contributed by atoms with Gasteiger partial charge < -0.3 is 15.0 Å². The van der Waals surface area contributed by atoms with Crippen LogP contribution in [-0.2, 0) is 17.1 Å². The van der Waals surface area contributed by atoms with Crippen molar-refractivity contribution in [2.24, 2.45) is 5.92 Å². The van der Waals surface area contributed by atoms with Crippen LogP contribution in [-0.4, -0.2) is 21.6 Å². The Morgan fingerprint density at radius 2 is 1.51 bits per heavy atom. The molecule has 218 valence electrons. The summed E-state index contributed by atoms with van der Waals surface area (Å²) in [5.74, 6) is -0.142. The highest BCUT2D eigenvalue weighted by atomic mass is 35.5. The SMILES string of the molecule is O=C(O)c1ccc(Cn2c(CSC(c3ccccc3)c3ccccc3)c(Cl)c3cc(NC(=O)C4CCCC4)ccc32)cc1. The summed E-state index contributed by atoms with van der Waals surface area (Å²) in [6, 6.07) is 33.9. The van der Waals surface area contributed by atoms with Gasteiger partial charge in [-0.2, -0.15) is 0 Å². The summed E-state index contributed by atoms with van der Waals surface area (Å²) in [5.41, 5.74) is 6.38. The Morgan fingerprint density at radius 1 is 0.884 bits per heavy atom. The van der Waals surface area contributed by atoms with Gasteiger partial charge in [-0.25, -0.2) is 4.79 Å². The molecule has 1 aromatic heterocycles. The topological polar surface area (TPSA) is 71.3 Å². The molecule has 1 aliphatic rings. The smallest absolute Gasteiger partial charge is 0.335 e. The predicted octanol–water partition coefficient (Wildman–Crippen LogP) is 9.19. The van der Waals surface area contributed by atoms with Crippen molar-refractivity contribution in [3.05, 3.63) is 136 Å². The van der Waals surface area contributed by atoms with Crippen LogP contribution in [0.25, 0.3) is 10.9 Å². The number of aromatic nitrogens is 1. The second-order valence-electron chi connectivity index (χ2n) is 11.1. The molecule has 1 heterocycles. The number of halogens is 1. The number of carboxylic acid groups (broad SMARTS) is 1. The highest BCUT2D eigenvalue weighted by Crippen LogP contribution is 2.41. The summed E-state index contributed by atoms with van der Waals surface area (Å²) in [4.78, 5) is 24.3. The van der Waals surface area contributed by atoms with Crippen molar-refractivity contribution in [1.82, 2.24) is 4.57 Å². The van der Waals surface area contributed by atoms with Crippen molar-refractivity contribution in [2.75, 3.05) is 5.32 Å². The monoisotopic (exact) mass is 608 g/mol. The standard InChI is InChI=1S/C36H33ClN2O3S/c37-33-30-21-29(38-35(40)27-13-7-8-14-27)19-20-31(30)39(22-24-15-17-28(18-16-24)36(41)42)32(33)23-43-34(25-9-3-1-4-10-25)26-11-5-2-6-12-26/h1-6,9-12,15-21,27,34H,7-8,13-14,22-23H2,(H,38,40)(H,41,42). The second-order valence-corrected chi connectivity index (χ2v) is 12.5. The number of anilines is 1. The Labute approximate surface area is 260 Å². The summed E-state index contributed by atoms with van der Waals surface area (Å²) in [6.07, 6.45) is 4.09. The third-order valence-electron chi connectivity index (χ3n) is 8.23. The van der Waals surface area contributed by atoms with E-state index in [4.69, 9.17) is 11.6 Å². The molecule has 0 unspecified atom stereocenters. The van der Waals surface area contributed by atoms with E-state index in [1.807, 2.05) is 54.2 Å². The molecule has 0 radical (unpaired) electrons. The zero-order chi connectivity index (χ0) is 29.8. The van der Waals surface area contributed by atoms with Gasteiger partial charge in [-0.15, -0.1) is 11.8 Å². The first kappa shape index (κ1) is 29.1. The van der Waals surface area contributed by atoms with Crippen LogP contribution in [0, 0.1) is 5.92 Å². The van der Waals surface area contributed by atoms with Crippen molar-refractivity contribution in [3.63, 3.8) is 0 Å². The van der Waals surface area contributed by atoms with Gasteiger partial charge in [0.05, 0.1) is 21.4 Å².